The van der Waals surface area contributed by atoms with Gasteiger partial charge in [0.15, 0.2) is 0 Å². The summed E-state index contributed by atoms with van der Waals surface area (Å²) in [6.07, 6.45) is 0. The summed E-state index contributed by atoms with van der Waals surface area (Å²) >= 11 is 0. The first kappa shape index (κ1) is 29.0. The van der Waals surface area contributed by atoms with Crippen LogP contribution in [0.1, 0.15) is 30.5 Å². The van der Waals surface area contributed by atoms with Crippen molar-refractivity contribution in [2.75, 3.05) is 43.1 Å². The van der Waals surface area contributed by atoms with Crippen LogP contribution in [-0.4, -0.2) is 56.4 Å². The van der Waals surface area contributed by atoms with E-state index in [2.05, 4.69) is 15.2 Å². The fourth-order valence-electron chi connectivity index (χ4n) is 4.02. The van der Waals surface area contributed by atoms with Crippen LogP contribution in [0, 0.1) is 16.6 Å². The summed E-state index contributed by atoms with van der Waals surface area (Å²) in [6, 6.07) is 21.1. The lowest BCUT2D eigenvalue weighted by atomic mass is 10.0. The minimum absolute atomic E-state index is 0.00164. The number of carbonyl (C=O) groups excluding carboxylic acids is 1. The standard InChI is InChI=1S/C15H11FN2O.C12H16N4O2.C2H6/c16-12-8-4-7-11-14(10-5-2-1-3-6-10)17-9-13(19)18-15(11)12;13-11(18-12(14)15)9-3-1-2-4-10(9)16-5-7-17-8-6-16;1-2/h1-8H,9H2,(H,18,19);1-4,13H,5-8H2,(H3,14,15);1-2H3. The highest BCUT2D eigenvalue weighted by Crippen LogP contribution is 2.25. The molecule has 0 saturated carbocycles. The smallest absolute Gasteiger partial charge is 0.285 e. The Hall–Kier alpha value is -4.57. The van der Waals surface area contributed by atoms with Gasteiger partial charge in [0, 0.05) is 29.9 Å². The van der Waals surface area contributed by atoms with Crippen molar-refractivity contribution in [3.8, 4) is 0 Å². The van der Waals surface area contributed by atoms with Crippen molar-refractivity contribution < 1.29 is 18.7 Å². The first-order valence-corrected chi connectivity index (χ1v) is 12.6. The molecule has 0 radical (unpaired) electrons. The summed E-state index contributed by atoms with van der Waals surface area (Å²) < 4.78 is 24.0. The van der Waals surface area contributed by atoms with E-state index in [0.717, 1.165) is 24.3 Å². The van der Waals surface area contributed by atoms with Gasteiger partial charge in [-0.1, -0.05) is 68.4 Å². The number of nitrogens with two attached hydrogens (primary N) is 1. The van der Waals surface area contributed by atoms with Crippen molar-refractivity contribution in [3.05, 3.63) is 95.3 Å². The highest BCUT2D eigenvalue weighted by Gasteiger charge is 2.20. The third-order valence-corrected chi connectivity index (χ3v) is 5.67. The fraction of sp³-hybridized carbons (Fsp3) is 0.241. The van der Waals surface area contributed by atoms with Gasteiger partial charge in [0.2, 0.25) is 11.8 Å². The van der Waals surface area contributed by atoms with Gasteiger partial charge in [-0.15, -0.1) is 0 Å². The molecular weight excluding hydrogens is 499 g/mol. The molecule has 1 fully saturated rings. The van der Waals surface area contributed by atoms with Gasteiger partial charge in [-0.3, -0.25) is 20.6 Å². The number of morpholine rings is 1. The molecule has 0 aromatic heterocycles. The lowest BCUT2D eigenvalue weighted by molar-refractivity contribution is -0.114. The molecule has 2 heterocycles. The number of anilines is 2. The van der Waals surface area contributed by atoms with E-state index in [1.807, 2.05) is 62.4 Å². The van der Waals surface area contributed by atoms with Gasteiger partial charge in [-0.25, -0.2) is 4.39 Å². The van der Waals surface area contributed by atoms with Crippen LogP contribution in [-0.2, 0) is 14.3 Å². The maximum atomic E-state index is 13.8. The number of hydrogen-bond acceptors (Lipinski definition) is 7. The van der Waals surface area contributed by atoms with Crippen molar-refractivity contribution in [2.24, 2.45) is 10.7 Å². The zero-order valence-electron chi connectivity index (χ0n) is 22.0. The van der Waals surface area contributed by atoms with E-state index in [9.17, 15) is 9.18 Å². The van der Waals surface area contributed by atoms with E-state index in [4.69, 9.17) is 26.0 Å². The van der Waals surface area contributed by atoms with Crippen molar-refractivity contribution in [1.82, 2.24) is 0 Å². The van der Waals surface area contributed by atoms with Gasteiger partial charge in [0.1, 0.15) is 12.4 Å². The Bertz CT molecular complexity index is 1320. The quantitative estimate of drug-likeness (QED) is 0.293. The molecule has 10 heteroatoms. The Morgan fingerprint density at radius 2 is 1.67 bits per heavy atom. The Kier molecular flexibility index (Phi) is 10.7. The Morgan fingerprint density at radius 3 is 2.36 bits per heavy atom. The highest BCUT2D eigenvalue weighted by atomic mass is 19.1. The number of nitrogens with zero attached hydrogens (tertiary/aromatic N) is 2. The minimum Gasteiger partial charge on any atom is -0.407 e. The maximum Gasteiger partial charge on any atom is 0.285 e. The zero-order chi connectivity index (χ0) is 28.2. The van der Waals surface area contributed by atoms with Crippen LogP contribution in [0.5, 0.6) is 0 Å². The maximum absolute atomic E-state index is 13.8. The molecular formula is C29H33FN6O3. The molecule has 2 aliphatic rings. The largest absolute Gasteiger partial charge is 0.407 e. The number of halogens is 1. The third kappa shape index (κ3) is 7.71. The predicted molar refractivity (Wildman–Crippen MR) is 153 cm³/mol. The average Bonchev–Trinajstić information content (AvgIpc) is 3.14. The second-order valence-electron chi connectivity index (χ2n) is 8.15. The van der Waals surface area contributed by atoms with Crippen LogP contribution in [0.25, 0.3) is 0 Å². The average molecular weight is 533 g/mol. The van der Waals surface area contributed by atoms with E-state index in [1.165, 1.54) is 6.07 Å². The summed E-state index contributed by atoms with van der Waals surface area (Å²) in [5.41, 5.74) is 9.00. The molecule has 0 bridgehead atoms. The second-order valence-corrected chi connectivity index (χ2v) is 8.15. The number of aliphatic imine (C=N–C) groups is 1. The van der Waals surface area contributed by atoms with Crippen molar-refractivity contribution >= 4 is 34.9 Å². The van der Waals surface area contributed by atoms with Crippen LogP contribution < -0.4 is 16.0 Å². The monoisotopic (exact) mass is 532 g/mol. The van der Waals surface area contributed by atoms with Crippen LogP contribution in [0.2, 0.25) is 0 Å². The first-order valence-electron chi connectivity index (χ1n) is 12.6. The van der Waals surface area contributed by atoms with Crippen LogP contribution in [0.4, 0.5) is 15.8 Å². The van der Waals surface area contributed by atoms with Crippen molar-refractivity contribution in [1.29, 1.82) is 10.8 Å². The molecule has 3 aromatic carbocycles. The number of benzene rings is 3. The number of amidine groups is 1. The van der Waals surface area contributed by atoms with Gasteiger partial charge in [0.25, 0.3) is 6.02 Å². The van der Waals surface area contributed by atoms with Crippen LogP contribution in [0.3, 0.4) is 0 Å². The Morgan fingerprint density at radius 1 is 1.00 bits per heavy atom. The molecule has 5 N–H and O–H groups in total. The van der Waals surface area contributed by atoms with E-state index in [1.54, 1.807) is 18.2 Å². The Labute approximate surface area is 227 Å². The SMILES string of the molecule is CC.N=C(N)OC(=N)c1ccccc1N1CCOCC1.O=C1CN=C(c2ccccc2)c2cccc(F)c2N1. The number of benzodiazepines with no additional fused rings is 1. The number of rotatable bonds is 3. The summed E-state index contributed by atoms with van der Waals surface area (Å²) in [7, 11) is 0. The number of nitrogens with one attached hydrogen (secondary N) is 3. The molecule has 1 amide bonds. The predicted octanol–water partition coefficient (Wildman–Crippen LogP) is 4.40. The number of amides is 1. The first-order chi connectivity index (χ1) is 18.9. The van der Waals surface area contributed by atoms with Crippen molar-refractivity contribution in [2.45, 2.75) is 13.8 Å². The zero-order valence-corrected chi connectivity index (χ0v) is 22.0. The molecule has 3 aromatic rings. The molecule has 2 aliphatic heterocycles. The number of fused-ring (bicyclic) bond motifs is 1. The van der Waals surface area contributed by atoms with Gasteiger partial charge < -0.3 is 25.4 Å². The summed E-state index contributed by atoms with van der Waals surface area (Å²) in [4.78, 5) is 18.0. The van der Waals surface area contributed by atoms with Crippen LogP contribution >= 0.6 is 0 Å². The number of para-hydroxylation sites is 2. The van der Waals surface area contributed by atoms with Gasteiger partial charge in [0.05, 0.1) is 30.2 Å². The number of carbonyl (C=O) groups is 1. The number of hydrogen-bond donors (Lipinski definition) is 4. The lowest BCUT2D eigenvalue weighted by Gasteiger charge is -2.30. The van der Waals surface area contributed by atoms with Gasteiger partial charge in [-0.05, 0) is 18.2 Å². The lowest BCUT2D eigenvalue weighted by Crippen LogP contribution is -2.37. The molecule has 0 spiro atoms. The Balaban J connectivity index is 0.000000203. The fourth-order valence-corrected chi connectivity index (χ4v) is 4.02. The second kappa shape index (κ2) is 14.4. The third-order valence-electron chi connectivity index (χ3n) is 5.67. The molecule has 0 unspecified atom stereocenters. The topological polar surface area (TPSA) is 137 Å². The molecule has 9 nitrogen and oxygen atoms in total. The molecule has 1 saturated heterocycles. The van der Waals surface area contributed by atoms with E-state index in [-0.39, 0.29) is 24.0 Å². The van der Waals surface area contributed by atoms with E-state index in [0.29, 0.717) is 30.1 Å². The highest BCUT2D eigenvalue weighted by molar-refractivity contribution is 6.19. The number of ether oxygens (including phenoxy) is 2. The summed E-state index contributed by atoms with van der Waals surface area (Å²) in [5.74, 6) is -0.863. The normalized spacial score (nSPS) is 14.1. The van der Waals surface area contributed by atoms with Gasteiger partial charge >= 0.3 is 0 Å². The molecule has 39 heavy (non-hydrogen) atoms. The van der Waals surface area contributed by atoms with E-state index >= 15 is 0 Å². The molecule has 204 valence electrons. The van der Waals surface area contributed by atoms with Crippen LogP contribution in [0.15, 0.2) is 77.8 Å². The van der Waals surface area contributed by atoms with Crippen molar-refractivity contribution in [3.63, 3.8) is 0 Å². The summed E-state index contributed by atoms with van der Waals surface area (Å²) in [5, 5.41) is 17.5. The van der Waals surface area contributed by atoms with E-state index < -0.39 is 11.8 Å². The minimum atomic E-state index is -0.475. The van der Waals surface area contributed by atoms with Gasteiger partial charge in [-0.2, -0.15) is 0 Å². The molecule has 5 rings (SSSR count). The molecule has 0 aliphatic carbocycles. The molecule has 0 atom stereocenters. The summed E-state index contributed by atoms with van der Waals surface area (Å²) in [6.45, 7) is 6.91.